The molecule has 0 fully saturated rings. The van der Waals surface area contributed by atoms with Gasteiger partial charge in [0, 0.05) is 23.4 Å². The van der Waals surface area contributed by atoms with Gasteiger partial charge in [-0.1, -0.05) is 99.0 Å². The molecule has 230 valence electrons. The maximum atomic E-state index is 13.6. The van der Waals surface area contributed by atoms with Crippen LogP contribution in [0.25, 0.3) is 50.5 Å². The average molecular weight is 615 g/mol. The van der Waals surface area contributed by atoms with Crippen LogP contribution >= 0.6 is 0 Å². The Labute approximate surface area is 273 Å². The van der Waals surface area contributed by atoms with E-state index in [1.807, 2.05) is 71.3 Å². The molecule has 2 heterocycles. The molecule has 47 heavy (non-hydrogen) atoms. The summed E-state index contributed by atoms with van der Waals surface area (Å²) in [6.45, 7) is 2.51. The van der Waals surface area contributed by atoms with Crippen molar-refractivity contribution in [2.24, 2.45) is 0 Å². The van der Waals surface area contributed by atoms with Crippen LogP contribution in [0.3, 0.4) is 0 Å². The number of aromatic nitrogens is 4. The van der Waals surface area contributed by atoms with Gasteiger partial charge in [0.2, 0.25) is 0 Å². The maximum Gasteiger partial charge on any atom is 0.352 e. The van der Waals surface area contributed by atoms with Crippen molar-refractivity contribution in [1.29, 1.82) is 0 Å². The molecule has 0 bridgehead atoms. The van der Waals surface area contributed by atoms with Crippen molar-refractivity contribution in [3.63, 3.8) is 0 Å². The second-order valence-electron chi connectivity index (χ2n) is 11.8. The van der Waals surface area contributed by atoms with E-state index >= 15 is 0 Å². The number of hydrogen-bond acceptors (Lipinski definition) is 4. The van der Waals surface area contributed by atoms with Gasteiger partial charge in [0.15, 0.2) is 11.5 Å². The van der Waals surface area contributed by atoms with Crippen LogP contribution in [-0.2, 0) is 6.54 Å². The van der Waals surface area contributed by atoms with Gasteiger partial charge in [0.05, 0.1) is 11.0 Å². The fraction of sp³-hybridized carbons (Fsp3) is 0.171. The Bertz CT molecular complexity index is 2270. The van der Waals surface area contributed by atoms with Gasteiger partial charge in [-0.3, -0.25) is 13.9 Å². The van der Waals surface area contributed by atoms with E-state index in [4.69, 9.17) is 0 Å². The molecule has 0 atom stereocenters. The zero-order valence-electron chi connectivity index (χ0n) is 26.3. The van der Waals surface area contributed by atoms with Crippen molar-refractivity contribution < 1.29 is 0 Å². The molecule has 0 saturated heterocycles. The number of fused-ring (bicyclic) bond motifs is 3. The number of benzene rings is 3. The maximum absolute atomic E-state index is 13.6. The predicted molar refractivity (Wildman–Crippen MR) is 189 cm³/mol. The first-order valence-corrected chi connectivity index (χ1v) is 16.2. The zero-order valence-corrected chi connectivity index (χ0v) is 26.3. The summed E-state index contributed by atoms with van der Waals surface area (Å²) in [5.74, 6) is 6.79. The first-order valence-electron chi connectivity index (χ1n) is 16.2. The molecule has 3 aromatic carbocycles. The summed E-state index contributed by atoms with van der Waals surface area (Å²) in [5.41, 5.74) is 7.98. The lowest BCUT2D eigenvalue weighted by Gasteiger charge is -2.18. The smallest absolute Gasteiger partial charge is 0.291 e. The molecular formula is C41H34N4O2. The number of para-hydroxylation sites is 2. The van der Waals surface area contributed by atoms with Crippen molar-refractivity contribution in [2.45, 2.75) is 45.6 Å². The molecule has 7 rings (SSSR count). The predicted octanol–water partition coefficient (Wildman–Crippen LogP) is 8.19. The molecule has 4 aliphatic rings. The van der Waals surface area contributed by atoms with Gasteiger partial charge in [-0.05, 0) is 89.3 Å². The molecule has 0 N–H and O–H groups in total. The number of rotatable bonds is 8. The molecule has 6 heteroatoms. The van der Waals surface area contributed by atoms with E-state index in [0.29, 0.717) is 12.1 Å². The SMILES string of the molecule is CCCCCCCn1c(=O)nc2n(-c3ccc(C#Cc4ccc(-c5cc6cccccc-6c5)cc4)cc3)c3ccccc3nc-2c1=O. The topological polar surface area (TPSA) is 69.8 Å². The second kappa shape index (κ2) is 13.3. The largest absolute Gasteiger partial charge is 0.352 e. The van der Waals surface area contributed by atoms with Crippen molar-refractivity contribution in [3.8, 4) is 51.3 Å². The lowest BCUT2D eigenvalue weighted by molar-refractivity contribution is 0.540. The molecule has 3 aromatic rings. The van der Waals surface area contributed by atoms with E-state index in [0.717, 1.165) is 60.0 Å². The summed E-state index contributed by atoms with van der Waals surface area (Å²) in [5, 5.41) is 0. The van der Waals surface area contributed by atoms with Gasteiger partial charge in [-0.25, -0.2) is 9.78 Å². The van der Waals surface area contributed by atoms with Crippen molar-refractivity contribution in [3.05, 3.63) is 147 Å². The molecule has 0 saturated carbocycles. The first-order chi connectivity index (χ1) is 23.1. The van der Waals surface area contributed by atoms with Crippen LogP contribution in [0.4, 0.5) is 0 Å². The number of hydrogen-bond donors (Lipinski definition) is 0. The van der Waals surface area contributed by atoms with Crippen molar-refractivity contribution in [1.82, 2.24) is 19.1 Å². The third kappa shape index (κ3) is 6.21. The highest BCUT2D eigenvalue weighted by Gasteiger charge is 2.22. The zero-order chi connectivity index (χ0) is 32.2. The highest BCUT2D eigenvalue weighted by Crippen LogP contribution is 2.32. The highest BCUT2D eigenvalue weighted by molar-refractivity contribution is 5.82. The average Bonchev–Trinajstić information content (AvgIpc) is 3.38. The van der Waals surface area contributed by atoms with E-state index in [1.165, 1.54) is 21.3 Å². The summed E-state index contributed by atoms with van der Waals surface area (Å²) in [6.07, 6.45) is 5.09. The third-order valence-electron chi connectivity index (χ3n) is 8.57. The van der Waals surface area contributed by atoms with E-state index in [1.54, 1.807) is 0 Å². The van der Waals surface area contributed by atoms with Gasteiger partial charge in [0.1, 0.15) is 0 Å². The van der Waals surface area contributed by atoms with E-state index in [9.17, 15) is 9.59 Å². The molecule has 0 radical (unpaired) electrons. The van der Waals surface area contributed by atoms with Crippen LogP contribution < -0.4 is 11.2 Å². The fourth-order valence-electron chi connectivity index (χ4n) is 6.05. The van der Waals surface area contributed by atoms with Crippen LogP contribution in [0.15, 0.2) is 125 Å². The van der Waals surface area contributed by atoms with E-state index < -0.39 is 11.2 Å². The third-order valence-corrected chi connectivity index (χ3v) is 8.57. The second-order valence-corrected chi connectivity index (χ2v) is 11.8. The quantitative estimate of drug-likeness (QED) is 0.0983. The van der Waals surface area contributed by atoms with Crippen LogP contribution in [-0.4, -0.2) is 19.1 Å². The van der Waals surface area contributed by atoms with Crippen LogP contribution in [0.2, 0.25) is 0 Å². The normalized spacial score (nSPS) is 11.2. The Kier molecular flexibility index (Phi) is 8.44. The van der Waals surface area contributed by atoms with Gasteiger partial charge in [-0.2, -0.15) is 4.98 Å². The number of unbranched alkanes of at least 4 members (excludes halogenated alkanes) is 4. The minimum absolute atomic E-state index is 0.188. The Balaban J connectivity index is 1.17. The molecule has 0 aromatic heterocycles. The summed E-state index contributed by atoms with van der Waals surface area (Å²) >= 11 is 0. The Morgan fingerprint density at radius 2 is 1.26 bits per heavy atom. The Hall–Kier alpha value is -5.80. The Morgan fingerprint density at radius 3 is 1.96 bits per heavy atom. The molecule has 2 aliphatic heterocycles. The van der Waals surface area contributed by atoms with E-state index in [2.05, 4.69) is 77.3 Å². The molecule has 2 aliphatic carbocycles. The minimum atomic E-state index is -0.543. The molecule has 0 amide bonds. The molecule has 0 unspecified atom stereocenters. The summed E-state index contributed by atoms with van der Waals surface area (Å²) in [7, 11) is 0. The standard InChI is InChI=1S/C41H34N4O2/c1-2-3-4-5-11-26-44-40(46)38-39(43-41(44)47)45(37-15-10-9-14-36(37)42-38)35-24-20-30(21-25-35)17-16-29-18-22-31(23-19-29)34-27-32-12-7-6-8-13-33(32)28-34/h6-10,12-15,18-25,27-28H,2-5,11,26H2,1H3. The summed E-state index contributed by atoms with van der Waals surface area (Å²) in [4.78, 5) is 35.7. The van der Waals surface area contributed by atoms with Crippen LogP contribution in [0.5, 0.6) is 0 Å². The summed E-state index contributed by atoms with van der Waals surface area (Å²) in [6, 6.07) is 38.5. The minimum Gasteiger partial charge on any atom is -0.291 e. The van der Waals surface area contributed by atoms with Gasteiger partial charge in [-0.15, -0.1) is 0 Å². The van der Waals surface area contributed by atoms with Crippen molar-refractivity contribution >= 4 is 11.0 Å². The highest BCUT2D eigenvalue weighted by atomic mass is 16.2. The molecular weight excluding hydrogens is 580 g/mol. The van der Waals surface area contributed by atoms with Gasteiger partial charge < -0.3 is 0 Å². The Morgan fingerprint density at radius 1 is 0.617 bits per heavy atom. The summed E-state index contributed by atoms with van der Waals surface area (Å²) < 4.78 is 3.07. The number of nitrogens with zero attached hydrogens (tertiary/aromatic N) is 4. The molecule has 6 nitrogen and oxygen atoms in total. The van der Waals surface area contributed by atoms with Crippen molar-refractivity contribution in [2.75, 3.05) is 0 Å². The first kappa shape index (κ1) is 29.9. The fourth-order valence-corrected chi connectivity index (χ4v) is 6.05. The van der Waals surface area contributed by atoms with E-state index in [-0.39, 0.29) is 11.5 Å². The molecule has 0 spiro atoms. The lowest BCUT2D eigenvalue weighted by atomic mass is 10.1. The van der Waals surface area contributed by atoms with Gasteiger partial charge in [0.25, 0.3) is 5.56 Å². The van der Waals surface area contributed by atoms with Crippen LogP contribution in [0.1, 0.15) is 50.2 Å². The lowest BCUT2D eigenvalue weighted by Crippen LogP contribution is -2.38. The monoisotopic (exact) mass is 614 g/mol. The van der Waals surface area contributed by atoms with Gasteiger partial charge >= 0.3 is 5.69 Å². The van der Waals surface area contributed by atoms with Crippen LogP contribution in [0, 0.1) is 11.8 Å².